The second-order valence-electron chi connectivity index (χ2n) is 14.5. The van der Waals surface area contributed by atoms with Gasteiger partial charge in [0.05, 0.1) is 22.6 Å². The lowest BCUT2D eigenvalue weighted by Crippen LogP contribution is -2.12. The minimum atomic E-state index is 0.559. The van der Waals surface area contributed by atoms with E-state index in [1.54, 1.807) is 0 Å². The van der Waals surface area contributed by atoms with Crippen LogP contribution in [0.2, 0.25) is 0 Å². The zero-order valence-corrected chi connectivity index (χ0v) is 31.4. The summed E-state index contributed by atoms with van der Waals surface area (Å²) in [6, 6.07) is 74.7. The Morgan fingerprint density at radius 3 is 1.36 bits per heavy atom. The molecule has 10 aromatic rings. The Balaban J connectivity index is 1.22. The third kappa shape index (κ3) is 5.68. The van der Waals surface area contributed by atoms with E-state index in [9.17, 15) is 0 Å². The maximum atomic E-state index is 5.28. The van der Waals surface area contributed by atoms with Crippen LogP contribution in [0.25, 0.3) is 84.3 Å². The van der Waals surface area contributed by atoms with Gasteiger partial charge in [0, 0.05) is 38.9 Å². The van der Waals surface area contributed by atoms with E-state index in [-0.39, 0.29) is 0 Å². The van der Waals surface area contributed by atoms with Crippen molar-refractivity contribution in [1.82, 2.24) is 19.5 Å². The summed E-state index contributed by atoms with van der Waals surface area (Å²) >= 11 is 0. The maximum Gasteiger partial charge on any atom is 0.238 e. The quantitative estimate of drug-likeness (QED) is 0.170. The lowest BCUT2D eigenvalue weighted by Gasteiger charge is -2.28. The Labute approximate surface area is 336 Å². The van der Waals surface area contributed by atoms with Crippen molar-refractivity contribution in [2.45, 2.75) is 0 Å². The van der Waals surface area contributed by atoms with E-state index < -0.39 is 0 Å². The molecule has 0 fully saturated rings. The zero-order chi connectivity index (χ0) is 38.4. The Morgan fingerprint density at radius 1 is 0.345 bits per heavy atom. The molecule has 5 nitrogen and oxygen atoms in total. The molecule has 0 unspecified atom stereocenters. The Kier molecular flexibility index (Phi) is 8.07. The van der Waals surface area contributed by atoms with Gasteiger partial charge in [0.1, 0.15) is 0 Å². The van der Waals surface area contributed by atoms with Crippen LogP contribution in [-0.4, -0.2) is 19.5 Å². The first kappa shape index (κ1) is 33.4. The summed E-state index contributed by atoms with van der Waals surface area (Å²) in [5.41, 5.74) is 15.1. The monoisotopic (exact) mass is 741 g/mol. The highest BCUT2D eigenvalue weighted by molar-refractivity contribution is 6.13. The molecule has 3 heterocycles. The fourth-order valence-electron chi connectivity index (χ4n) is 8.36. The highest BCUT2D eigenvalue weighted by Gasteiger charge is 2.32. The Hall–Kier alpha value is -7.89. The van der Waals surface area contributed by atoms with Crippen molar-refractivity contribution >= 4 is 28.0 Å². The second-order valence-corrected chi connectivity index (χ2v) is 14.5. The van der Waals surface area contributed by atoms with Crippen molar-refractivity contribution in [2.24, 2.45) is 0 Å². The smallest absolute Gasteiger partial charge is 0.238 e. The van der Waals surface area contributed by atoms with Gasteiger partial charge in [-0.05, 0) is 58.7 Å². The highest BCUT2D eigenvalue weighted by Crippen LogP contribution is 2.54. The summed E-state index contributed by atoms with van der Waals surface area (Å²) in [6.07, 6.45) is 0. The molecule has 0 atom stereocenters. The van der Waals surface area contributed by atoms with E-state index in [1.807, 2.05) is 36.4 Å². The number of rotatable bonds is 6. The summed E-state index contributed by atoms with van der Waals surface area (Å²) < 4.78 is 2.25. The minimum Gasteiger partial charge on any atom is -0.309 e. The average Bonchev–Trinajstić information content (AvgIpc) is 3.59. The molecular formula is C53H35N5. The number of hydrogen-bond donors (Lipinski definition) is 0. The molecule has 0 N–H and O–H groups in total. The normalized spacial score (nSPS) is 11.8. The topological polar surface area (TPSA) is 46.8 Å². The number of nitrogens with zero attached hydrogens (tertiary/aromatic N) is 5. The van der Waals surface area contributed by atoms with Gasteiger partial charge in [-0.2, -0.15) is 9.97 Å². The van der Waals surface area contributed by atoms with Crippen LogP contribution in [0.1, 0.15) is 0 Å². The van der Waals surface area contributed by atoms with Gasteiger partial charge in [-0.25, -0.2) is 4.98 Å². The number of benzene rings is 8. The SMILES string of the molecule is c1ccc(-c2cc(-c3ccccc3)cc(N3c4ccccc4-c4c(n(-c5nc(-c6ccccc6)nc(-c6ccccc6)n5)c5ccccc45)-c4ccccc43)c2)cc1. The first-order chi connectivity index (χ1) is 28.8. The molecule has 0 saturated carbocycles. The Morgan fingerprint density at radius 2 is 0.793 bits per heavy atom. The van der Waals surface area contributed by atoms with Gasteiger partial charge in [-0.1, -0.05) is 176 Å². The van der Waals surface area contributed by atoms with Crippen molar-refractivity contribution in [3.63, 3.8) is 0 Å². The molecule has 0 radical (unpaired) electrons. The van der Waals surface area contributed by atoms with Gasteiger partial charge in [0.2, 0.25) is 5.95 Å². The molecule has 0 spiro atoms. The van der Waals surface area contributed by atoms with Gasteiger partial charge in [0.25, 0.3) is 0 Å². The van der Waals surface area contributed by atoms with Crippen molar-refractivity contribution in [3.8, 4) is 73.4 Å². The van der Waals surface area contributed by atoms with Crippen LogP contribution in [0.5, 0.6) is 0 Å². The third-order valence-electron chi connectivity index (χ3n) is 11.0. The largest absolute Gasteiger partial charge is 0.309 e. The van der Waals surface area contributed by atoms with Crippen molar-refractivity contribution < 1.29 is 0 Å². The molecule has 0 bridgehead atoms. The first-order valence-corrected chi connectivity index (χ1v) is 19.5. The number of fused-ring (bicyclic) bond motifs is 7. The van der Waals surface area contributed by atoms with Crippen molar-refractivity contribution in [2.75, 3.05) is 4.90 Å². The molecule has 0 amide bonds. The molecule has 1 aliphatic rings. The summed E-state index contributed by atoms with van der Waals surface area (Å²) in [5, 5.41) is 1.12. The standard InChI is InChI=1S/C53H35N5/c1-5-19-36(20-6-1)40-33-41(37-21-7-2-8-22-37)35-42(34-40)57-46-30-16-13-27-43(46)49-44-28-14-17-31-47(44)58(50(49)45-29-15-18-32-48(45)57)53-55-51(38-23-9-3-10-24-38)54-52(56-53)39-25-11-4-12-26-39/h1-35H. The molecule has 5 heteroatoms. The van der Waals surface area contributed by atoms with Gasteiger partial charge in [0.15, 0.2) is 11.6 Å². The molecular weight excluding hydrogens is 707 g/mol. The second kappa shape index (κ2) is 14.0. The number of aromatic nitrogens is 4. The van der Waals surface area contributed by atoms with E-state index >= 15 is 0 Å². The molecule has 11 rings (SSSR count). The lowest BCUT2D eigenvalue weighted by atomic mass is 9.97. The molecule has 8 aromatic carbocycles. The highest BCUT2D eigenvalue weighted by atomic mass is 15.2. The summed E-state index contributed by atoms with van der Waals surface area (Å²) in [4.78, 5) is 18.0. The van der Waals surface area contributed by atoms with E-state index in [0.717, 1.165) is 83.7 Å². The predicted molar refractivity (Wildman–Crippen MR) is 238 cm³/mol. The van der Waals surface area contributed by atoms with Crippen LogP contribution in [0.4, 0.5) is 17.1 Å². The van der Waals surface area contributed by atoms with Crippen LogP contribution in [0.15, 0.2) is 212 Å². The predicted octanol–water partition coefficient (Wildman–Crippen LogP) is 13.6. The van der Waals surface area contributed by atoms with Crippen LogP contribution < -0.4 is 4.90 Å². The zero-order valence-electron chi connectivity index (χ0n) is 31.4. The third-order valence-corrected chi connectivity index (χ3v) is 11.0. The van der Waals surface area contributed by atoms with E-state index in [1.165, 1.54) is 0 Å². The van der Waals surface area contributed by atoms with E-state index in [2.05, 4.69) is 185 Å². The van der Waals surface area contributed by atoms with E-state index in [4.69, 9.17) is 15.0 Å². The molecule has 272 valence electrons. The summed E-state index contributed by atoms with van der Waals surface area (Å²) in [6.45, 7) is 0. The van der Waals surface area contributed by atoms with Crippen LogP contribution in [-0.2, 0) is 0 Å². The average molecular weight is 742 g/mol. The number of para-hydroxylation sites is 3. The van der Waals surface area contributed by atoms with Gasteiger partial charge < -0.3 is 4.90 Å². The number of anilines is 3. The van der Waals surface area contributed by atoms with Crippen molar-refractivity contribution in [1.29, 1.82) is 0 Å². The molecule has 58 heavy (non-hydrogen) atoms. The first-order valence-electron chi connectivity index (χ1n) is 19.5. The van der Waals surface area contributed by atoms with Gasteiger partial charge in [-0.3, -0.25) is 4.57 Å². The molecule has 1 aliphatic heterocycles. The summed E-state index contributed by atoms with van der Waals surface area (Å²) in [7, 11) is 0. The Bertz CT molecular complexity index is 2990. The minimum absolute atomic E-state index is 0.559. The van der Waals surface area contributed by atoms with Crippen LogP contribution in [0, 0.1) is 0 Å². The maximum absolute atomic E-state index is 5.28. The van der Waals surface area contributed by atoms with Gasteiger partial charge >= 0.3 is 0 Å². The van der Waals surface area contributed by atoms with Crippen LogP contribution in [0.3, 0.4) is 0 Å². The summed E-state index contributed by atoms with van der Waals surface area (Å²) in [5.74, 6) is 1.79. The van der Waals surface area contributed by atoms with Crippen LogP contribution >= 0.6 is 0 Å². The van der Waals surface area contributed by atoms with Gasteiger partial charge in [-0.15, -0.1) is 0 Å². The molecule has 0 saturated heterocycles. The van der Waals surface area contributed by atoms with Crippen molar-refractivity contribution in [3.05, 3.63) is 212 Å². The molecule has 2 aromatic heterocycles. The fourth-order valence-corrected chi connectivity index (χ4v) is 8.36. The number of hydrogen-bond acceptors (Lipinski definition) is 4. The lowest BCUT2D eigenvalue weighted by molar-refractivity contribution is 0.938. The van der Waals surface area contributed by atoms with E-state index in [0.29, 0.717) is 17.6 Å². The fraction of sp³-hybridized carbons (Fsp3) is 0. The molecule has 0 aliphatic carbocycles.